The van der Waals surface area contributed by atoms with Gasteiger partial charge >= 0.3 is 0 Å². The Bertz CT molecular complexity index is 936. The van der Waals surface area contributed by atoms with Gasteiger partial charge in [-0.3, -0.25) is 9.59 Å². The lowest BCUT2D eigenvalue weighted by Crippen LogP contribution is -2.35. The molecular formula is C20H19ClN2O4S. The zero-order valence-corrected chi connectivity index (χ0v) is 16.8. The molecule has 0 saturated carbocycles. The quantitative estimate of drug-likeness (QED) is 0.822. The van der Waals surface area contributed by atoms with Crippen LogP contribution in [0.1, 0.15) is 12.0 Å². The number of fused-ring (bicyclic) bond motifs is 2. The third kappa shape index (κ3) is 4.05. The molecule has 0 aliphatic carbocycles. The average Bonchev–Trinajstić information content (AvgIpc) is 2.68. The Hall–Kier alpha value is -2.38. The topological polar surface area (TPSA) is 67.9 Å². The van der Waals surface area contributed by atoms with Gasteiger partial charge in [0.05, 0.1) is 10.9 Å². The van der Waals surface area contributed by atoms with Gasteiger partial charge in [0.25, 0.3) is 0 Å². The Morgan fingerprint density at radius 1 is 1.21 bits per heavy atom. The van der Waals surface area contributed by atoms with Gasteiger partial charge in [-0.25, -0.2) is 0 Å². The second kappa shape index (κ2) is 7.93. The third-order valence-corrected chi connectivity index (χ3v) is 6.08. The molecule has 1 unspecified atom stereocenters. The van der Waals surface area contributed by atoms with Crippen molar-refractivity contribution in [2.75, 3.05) is 25.6 Å². The molecule has 146 valence electrons. The van der Waals surface area contributed by atoms with Crippen LogP contribution >= 0.6 is 23.4 Å². The van der Waals surface area contributed by atoms with E-state index in [2.05, 4.69) is 5.32 Å². The molecule has 4 rings (SSSR count). The van der Waals surface area contributed by atoms with Crippen LogP contribution in [0.5, 0.6) is 11.5 Å². The minimum Gasteiger partial charge on any atom is -0.486 e. The molecule has 8 heteroatoms. The summed E-state index contributed by atoms with van der Waals surface area (Å²) in [6, 6.07) is 11.0. The fourth-order valence-corrected chi connectivity index (χ4v) is 4.37. The number of nitrogens with zero attached hydrogens (tertiary/aromatic N) is 1. The molecule has 0 radical (unpaired) electrons. The Labute approximate surface area is 172 Å². The van der Waals surface area contributed by atoms with Gasteiger partial charge in [-0.1, -0.05) is 17.7 Å². The highest BCUT2D eigenvalue weighted by Gasteiger charge is 2.30. The molecule has 1 atom stereocenters. The van der Waals surface area contributed by atoms with E-state index in [4.69, 9.17) is 21.1 Å². The largest absolute Gasteiger partial charge is 0.486 e. The van der Waals surface area contributed by atoms with Crippen LogP contribution < -0.4 is 14.8 Å². The summed E-state index contributed by atoms with van der Waals surface area (Å²) in [6.45, 7) is 1.49. The number of hydrogen-bond acceptors (Lipinski definition) is 5. The number of amides is 2. The van der Waals surface area contributed by atoms with E-state index in [9.17, 15) is 9.59 Å². The summed E-state index contributed by atoms with van der Waals surface area (Å²) in [4.78, 5) is 27.6. The minimum absolute atomic E-state index is 0.0973. The van der Waals surface area contributed by atoms with E-state index in [0.717, 1.165) is 16.2 Å². The normalized spacial score (nSPS) is 17.5. The van der Waals surface area contributed by atoms with Gasteiger partial charge in [0.2, 0.25) is 11.8 Å². The molecule has 0 fully saturated rings. The van der Waals surface area contributed by atoms with Crippen molar-refractivity contribution in [2.45, 2.75) is 23.1 Å². The van der Waals surface area contributed by atoms with Crippen LogP contribution in [0.15, 0.2) is 41.3 Å². The van der Waals surface area contributed by atoms with Crippen molar-refractivity contribution in [3.05, 3.63) is 47.0 Å². The summed E-state index contributed by atoms with van der Waals surface area (Å²) in [5, 5.41) is 2.93. The van der Waals surface area contributed by atoms with Crippen LogP contribution in [0.25, 0.3) is 0 Å². The van der Waals surface area contributed by atoms with Gasteiger partial charge < -0.3 is 19.7 Å². The first-order chi connectivity index (χ1) is 13.5. The first-order valence-electron chi connectivity index (χ1n) is 8.89. The maximum absolute atomic E-state index is 12.7. The number of thioether (sulfide) groups is 1. The SMILES string of the molecule is CN(Cc1ccc2c(c1)OCCO2)C(=O)CC1Sc2ccc(Cl)cc2NC1=O. The van der Waals surface area contributed by atoms with E-state index >= 15 is 0 Å². The van der Waals surface area contributed by atoms with Gasteiger partial charge in [-0.15, -0.1) is 11.8 Å². The predicted molar refractivity (Wildman–Crippen MR) is 108 cm³/mol. The summed E-state index contributed by atoms with van der Waals surface area (Å²) < 4.78 is 11.1. The Morgan fingerprint density at radius 2 is 2.00 bits per heavy atom. The number of ether oxygens (including phenoxy) is 2. The zero-order chi connectivity index (χ0) is 19.7. The van der Waals surface area contributed by atoms with E-state index in [-0.39, 0.29) is 18.2 Å². The van der Waals surface area contributed by atoms with Crippen molar-refractivity contribution in [1.29, 1.82) is 0 Å². The summed E-state index contributed by atoms with van der Waals surface area (Å²) in [5.41, 5.74) is 1.64. The van der Waals surface area contributed by atoms with Crippen LogP contribution in [0.2, 0.25) is 5.02 Å². The number of anilines is 1. The van der Waals surface area contributed by atoms with Crippen LogP contribution in [0, 0.1) is 0 Å². The van der Waals surface area contributed by atoms with Gasteiger partial charge in [-0.05, 0) is 35.9 Å². The van der Waals surface area contributed by atoms with Crippen LogP contribution in [-0.2, 0) is 16.1 Å². The van der Waals surface area contributed by atoms with E-state index in [1.54, 1.807) is 24.1 Å². The minimum atomic E-state index is -0.469. The molecule has 0 bridgehead atoms. The van der Waals surface area contributed by atoms with Crippen LogP contribution in [0.3, 0.4) is 0 Å². The Kier molecular flexibility index (Phi) is 5.37. The van der Waals surface area contributed by atoms with Gasteiger partial charge in [0, 0.05) is 29.9 Å². The molecule has 0 spiro atoms. The second-order valence-corrected chi connectivity index (χ2v) is 8.35. The lowest BCUT2D eigenvalue weighted by atomic mass is 10.1. The molecule has 2 aromatic rings. The summed E-state index contributed by atoms with van der Waals surface area (Å²) in [7, 11) is 1.73. The van der Waals surface area contributed by atoms with E-state index in [1.807, 2.05) is 24.3 Å². The maximum Gasteiger partial charge on any atom is 0.238 e. The van der Waals surface area contributed by atoms with Crippen molar-refractivity contribution in [2.24, 2.45) is 0 Å². The summed E-state index contributed by atoms with van der Waals surface area (Å²) in [5.74, 6) is 1.14. The number of carbonyl (C=O) groups excluding carboxylic acids is 2. The second-order valence-electron chi connectivity index (χ2n) is 6.67. The van der Waals surface area contributed by atoms with E-state index < -0.39 is 5.25 Å². The molecule has 2 aliphatic rings. The Balaban J connectivity index is 1.39. The van der Waals surface area contributed by atoms with E-state index in [1.165, 1.54) is 11.8 Å². The number of benzene rings is 2. The molecule has 0 aromatic heterocycles. The molecule has 28 heavy (non-hydrogen) atoms. The number of nitrogens with one attached hydrogen (secondary N) is 1. The van der Waals surface area contributed by atoms with Crippen molar-refractivity contribution >= 4 is 40.9 Å². The number of halogens is 1. The fourth-order valence-electron chi connectivity index (χ4n) is 3.12. The van der Waals surface area contributed by atoms with Gasteiger partial charge in [0.15, 0.2) is 11.5 Å². The molecule has 2 aromatic carbocycles. The summed E-state index contributed by atoms with van der Waals surface area (Å²) in [6.07, 6.45) is 0.125. The molecule has 6 nitrogen and oxygen atoms in total. The lowest BCUT2D eigenvalue weighted by molar-refractivity contribution is -0.131. The maximum atomic E-state index is 12.7. The first kappa shape index (κ1) is 19.0. The standard InChI is InChI=1S/C20H19ClN2O4S/c1-23(11-12-2-4-15-16(8-12)27-7-6-26-15)19(24)10-18-20(25)22-14-9-13(21)3-5-17(14)28-18/h2-5,8-9,18H,6-7,10-11H2,1H3,(H,22,25). The number of carbonyl (C=O) groups is 2. The molecule has 0 saturated heterocycles. The highest BCUT2D eigenvalue weighted by Crippen LogP contribution is 2.38. The molecular weight excluding hydrogens is 400 g/mol. The highest BCUT2D eigenvalue weighted by atomic mass is 35.5. The lowest BCUT2D eigenvalue weighted by Gasteiger charge is -2.26. The van der Waals surface area contributed by atoms with Crippen molar-refractivity contribution in [1.82, 2.24) is 4.90 Å². The Morgan fingerprint density at radius 3 is 2.82 bits per heavy atom. The molecule has 1 N–H and O–H groups in total. The van der Waals surface area contributed by atoms with Crippen LogP contribution in [0.4, 0.5) is 5.69 Å². The molecule has 2 heterocycles. The van der Waals surface area contributed by atoms with Gasteiger partial charge in [0.1, 0.15) is 13.2 Å². The smallest absolute Gasteiger partial charge is 0.238 e. The first-order valence-corrected chi connectivity index (χ1v) is 10.1. The van der Waals surface area contributed by atoms with Gasteiger partial charge in [-0.2, -0.15) is 0 Å². The van der Waals surface area contributed by atoms with Crippen molar-refractivity contribution < 1.29 is 19.1 Å². The molecule has 2 aliphatic heterocycles. The fraction of sp³-hybridized carbons (Fsp3) is 0.300. The number of hydrogen-bond donors (Lipinski definition) is 1. The monoisotopic (exact) mass is 418 g/mol. The molecule has 2 amide bonds. The number of rotatable bonds is 4. The van der Waals surface area contributed by atoms with Crippen molar-refractivity contribution in [3.8, 4) is 11.5 Å². The van der Waals surface area contributed by atoms with Crippen molar-refractivity contribution in [3.63, 3.8) is 0 Å². The predicted octanol–water partition coefficient (Wildman–Crippen LogP) is 3.57. The highest BCUT2D eigenvalue weighted by molar-refractivity contribution is 8.01. The van der Waals surface area contributed by atoms with Crippen LogP contribution in [-0.4, -0.2) is 42.2 Å². The third-order valence-electron chi connectivity index (χ3n) is 4.57. The zero-order valence-electron chi connectivity index (χ0n) is 15.2. The summed E-state index contributed by atoms with van der Waals surface area (Å²) >= 11 is 7.36. The average molecular weight is 419 g/mol. The van der Waals surface area contributed by atoms with E-state index in [0.29, 0.717) is 36.2 Å².